The standard InChI is InChI=1S/C17H20IN3O5S/c1-5-7-26-16(23)11-9(3)13(17(24)25-6-2)27-15(11)20-14(22)12-10(18)8-19-21(12)4/h8H,5-7H2,1-4H3,(H,20,22). The molecule has 0 fully saturated rings. The third-order valence-electron chi connectivity index (χ3n) is 3.59. The van der Waals surface area contributed by atoms with Crippen molar-refractivity contribution in [3.63, 3.8) is 0 Å². The lowest BCUT2D eigenvalue weighted by molar-refractivity contribution is 0.0506. The number of anilines is 1. The molecule has 0 aliphatic heterocycles. The van der Waals surface area contributed by atoms with Crippen LogP contribution in [0.2, 0.25) is 0 Å². The minimum absolute atomic E-state index is 0.169. The number of hydrogen-bond acceptors (Lipinski definition) is 7. The Kier molecular flexibility index (Phi) is 7.36. The summed E-state index contributed by atoms with van der Waals surface area (Å²) < 4.78 is 12.4. The molecule has 146 valence electrons. The van der Waals surface area contributed by atoms with E-state index < -0.39 is 17.8 Å². The second-order valence-electron chi connectivity index (χ2n) is 5.54. The van der Waals surface area contributed by atoms with Crippen LogP contribution in [-0.4, -0.2) is 40.8 Å². The normalized spacial score (nSPS) is 10.6. The van der Waals surface area contributed by atoms with Crippen molar-refractivity contribution in [2.24, 2.45) is 7.05 Å². The van der Waals surface area contributed by atoms with Crippen molar-refractivity contribution in [2.75, 3.05) is 18.5 Å². The van der Waals surface area contributed by atoms with Crippen LogP contribution in [-0.2, 0) is 16.5 Å². The fourth-order valence-electron chi connectivity index (χ4n) is 2.33. The molecule has 0 atom stereocenters. The zero-order chi connectivity index (χ0) is 20.1. The summed E-state index contributed by atoms with van der Waals surface area (Å²) in [6.45, 7) is 5.67. The molecule has 2 heterocycles. The second kappa shape index (κ2) is 9.31. The summed E-state index contributed by atoms with van der Waals surface area (Å²) in [7, 11) is 1.65. The van der Waals surface area contributed by atoms with Crippen LogP contribution in [0.15, 0.2) is 6.20 Å². The minimum Gasteiger partial charge on any atom is -0.462 e. The Morgan fingerprint density at radius 2 is 1.96 bits per heavy atom. The Labute approximate surface area is 174 Å². The summed E-state index contributed by atoms with van der Waals surface area (Å²) in [4.78, 5) is 37.6. The van der Waals surface area contributed by atoms with Crippen LogP contribution in [0.4, 0.5) is 5.00 Å². The van der Waals surface area contributed by atoms with Gasteiger partial charge in [0, 0.05) is 7.05 Å². The first-order chi connectivity index (χ1) is 12.8. The Bertz CT molecular complexity index is 855. The van der Waals surface area contributed by atoms with Gasteiger partial charge in [0.1, 0.15) is 15.6 Å². The topological polar surface area (TPSA) is 99.5 Å². The number of rotatable bonds is 7. The number of aryl methyl sites for hydroxylation is 1. The number of ether oxygens (including phenoxy) is 2. The number of carbonyl (C=O) groups is 3. The first-order valence-electron chi connectivity index (χ1n) is 8.28. The number of thiophene rings is 1. The minimum atomic E-state index is -0.587. The molecule has 0 spiro atoms. The molecule has 0 bridgehead atoms. The van der Waals surface area contributed by atoms with Crippen LogP contribution in [0.25, 0.3) is 0 Å². The maximum Gasteiger partial charge on any atom is 0.348 e. The zero-order valence-electron chi connectivity index (χ0n) is 15.4. The van der Waals surface area contributed by atoms with Crippen molar-refractivity contribution in [3.8, 4) is 0 Å². The van der Waals surface area contributed by atoms with E-state index in [0.29, 0.717) is 21.2 Å². The van der Waals surface area contributed by atoms with Gasteiger partial charge in [-0.2, -0.15) is 5.10 Å². The van der Waals surface area contributed by atoms with Gasteiger partial charge >= 0.3 is 11.9 Å². The molecule has 8 nitrogen and oxygen atoms in total. The predicted octanol–water partition coefficient (Wildman–Crippen LogP) is 3.39. The highest BCUT2D eigenvalue weighted by Gasteiger charge is 2.28. The van der Waals surface area contributed by atoms with Crippen molar-refractivity contribution in [1.29, 1.82) is 0 Å². The summed E-state index contributed by atoms with van der Waals surface area (Å²) >= 11 is 3.00. The maximum absolute atomic E-state index is 12.7. The van der Waals surface area contributed by atoms with E-state index in [4.69, 9.17) is 9.47 Å². The molecule has 2 aromatic heterocycles. The van der Waals surface area contributed by atoms with Crippen LogP contribution >= 0.6 is 33.9 Å². The molecule has 0 aromatic carbocycles. The Balaban J connectivity index is 2.43. The van der Waals surface area contributed by atoms with E-state index in [1.807, 2.05) is 29.5 Å². The van der Waals surface area contributed by atoms with E-state index in [1.54, 1.807) is 27.1 Å². The van der Waals surface area contributed by atoms with E-state index in [0.717, 1.165) is 11.3 Å². The summed E-state index contributed by atoms with van der Waals surface area (Å²) in [5.41, 5.74) is 0.948. The van der Waals surface area contributed by atoms with E-state index in [2.05, 4.69) is 10.4 Å². The number of nitrogens with zero attached hydrogens (tertiary/aromatic N) is 2. The Morgan fingerprint density at radius 3 is 2.52 bits per heavy atom. The molecule has 2 aromatic rings. The van der Waals surface area contributed by atoms with Crippen LogP contribution in [0.1, 0.15) is 56.3 Å². The van der Waals surface area contributed by atoms with Crippen molar-refractivity contribution < 1.29 is 23.9 Å². The molecular formula is C17H20IN3O5S. The number of halogens is 1. The molecule has 0 radical (unpaired) electrons. The van der Waals surface area contributed by atoms with Crippen LogP contribution in [0.3, 0.4) is 0 Å². The van der Waals surface area contributed by atoms with E-state index in [-0.39, 0.29) is 28.7 Å². The molecule has 0 aliphatic rings. The SMILES string of the molecule is CCCOC(=O)c1c(NC(=O)c2c(I)cnn2C)sc(C(=O)OCC)c1C. The second-order valence-corrected chi connectivity index (χ2v) is 7.72. The largest absolute Gasteiger partial charge is 0.462 e. The molecule has 2 rings (SSSR count). The number of carbonyl (C=O) groups excluding carboxylic acids is 3. The third kappa shape index (κ3) is 4.67. The fraction of sp³-hybridized carbons (Fsp3) is 0.412. The van der Waals surface area contributed by atoms with Gasteiger partial charge < -0.3 is 14.8 Å². The van der Waals surface area contributed by atoms with E-state index >= 15 is 0 Å². The Hall–Kier alpha value is -1.95. The van der Waals surface area contributed by atoms with Gasteiger partial charge in [-0.05, 0) is 48.4 Å². The van der Waals surface area contributed by atoms with Gasteiger partial charge in [-0.15, -0.1) is 11.3 Å². The lowest BCUT2D eigenvalue weighted by atomic mass is 10.1. The van der Waals surface area contributed by atoms with Gasteiger partial charge in [0.15, 0.2) is 0 Å². The molecule has 1 amide bonds. The Morgan fingerprint density at radius 1 is 1.26 bits per heavy atom. The quantitative estimate of drug-likeness (QED) is 0.458. The van der Waals surface area contributed by atoms with Gasteiger partial charge in [0.2, 0.25) is 0 Å². The molecule has 0 unspecified atom stereocenters. The average Bonchev–Trinajstić information content (AvgIpc) is 3.12. The summed E-state index contributed by atoms with van der Waals surface area (Å²) in [6, 6.07) is 0. The van der Waals surface area contributed by atoms with Crippen LogP contribution in [0.5, 0.6) is 0 Å². The monoisotopic (exact) mass is 505 g/mol. The lowest BCUT2D eigenvalue weighted by Crippen LogP contribution is -2.19. The number of amides is 1. The van der Waals surface area contributed by atoms with Gasteiger partial charge in [0.05, 0.1) is 28.5 Å². The highest BCUT2D eigenvalue weighted by molar-refractivity contribution is 14.1. The molecule has 27 heavy (non-hydrogen) atoms. The fourth-order valence-corrected chi connectivity index (χ4v) is 4.14. The van der Waals surface area contributed by atoms with E-state index in [9.17, 15) is 14.4 Å². The van der Waals surface area contributed by atoms with E-state index in [1.165, 1.54) is 4.68 Å². The van der Waals surface area contributed by atoms with Gasteiger partial charge in [-0.1, -0.05) is 6.92 Å². The van der Waals surface area contributed by atoms with Gasteiger partial charge in [-0.25, -0.2) is 9.59 Å². The number of hydrogen-bond donors (Lipinski definition) is 1. The first kappa shape index (κ1) is 21.4. The first-order valence-corrected chi connectivity index (χ1v) is 10.2. The van der Waals surface area contributed by atoms with Crippen molar-refractivity contribution in [1.82, 2.24) is 9.78 Å². The lowest BCUT2D eigenvalue weighted by Gasteiger charge is -2.08. The smallest absolute Gasteiger partial charge is 0.348 e. The highest BCUT2D eigenvalue weighted by atomic mass is 127. The van der Waals surface area contributed by atoms with Gasteiger partial charge in [0.25, 0.3) is 5.91 Å². The van der Waals surface area contributed by atoms with Crippen molar-refractivity contribution in [2.45, 2.75) is 27.2 Å². The number of nitrogens with one attached hydrogen (secondary N) is 1. The molecule has 0 saturated heterocycles. The zero-order valence-corrected chi connectivity index (χ0v) is 18.4. The maximum atomic E-state index is 12.7. The van der Waals surface area contributed by atoms with Crippen molar-refractivity contribution >= 4 is 56.8 Å². The highest BCUT2D eigenvalue weighted by Crippen LogP contribution is 2.34. The third-order valence-corrected chi connectivity index (χ3v) is 5.56. The van der Waals surface area contributed by atoms with Crippen molar-refractivity contribution in [3.05, 3.63) is 31.5 Å². The number of esters is 2. The summed E-state index contributed by atoms with van der Waals surface area (Å²) in [5, 5.41) is 7.00. The van der Waals surface area contributed by atoms with Crippen LogP contribution < -0.4 is 5.32 Å². The number of aromatic nitrogens is 2. The van der Waals surface area contributed by atoms with Gasteiger partial charge in [-0.3, -0.25) is 9.48 Å². The predicted molar refractivity (Wildman–Crippen MR) is 109 cm³/mol. The molecule has 1 N–H and O–H groups in total. The summed E-state index contributed by atoms with van der Waals surface area (Å²) in [6.07, 6.45) is 2.23. The van der Waals surface area contributed by atoms with Crippen LogP contribution in [0, 0.1) is 10.5 Å². The summed E-state index contributed by atoms with van der Waals surface area (Å²) in [5.74, 6) is -1.56. The molecule has 0 aliphatic carbocycles. The molecule has 10 heteroatoms. The molecule has 0 saturated carbocycles. The molecular weight excluding hydrogens is 485 g/mol. The average molecular weight is 505 g/mol.